The maximum absolute atomic E-state index is 15.1. The molecule has 0 aromatic rings. The van der Waals surface area contributed by atoms with E-state index < -0.39 is 165 Å². The van der Waals surface area contributed by atoms with Gasteiger partial charge in [-0.05, 0) is 116 Å². The van der Waals surface area contributed by atoms with Gasteiger partial charge in [0.25, 0.3) is 0 Å². The molecule has 77 heavy (non-hydrogen) atoms. The van der Waals surface area contributed by atoms with Gasteiger partial charge in [0.2, 0.25) is 6.29 Å². The number of carboxylic acids is 1. The van der Waals surface area contributed by atoms with Crippen LogP contribution in [0, 0.1) is 50.2 Å². The molecule has 0 spiro atoms. The molecule has 0 aromatic heterocycles. The van der Waals surface area contributed by atoms with Crippen molar-refractivity contribution in [3.05, 3.63) is 11.6 Å². The molecule has 9 aliphatic rings. The van der Waals surface area contributed by atoms with E-state index in [1.165, 1.54) is 12.5 Å². The van der Waals surface area contributed by atoms with Crippen LogP contribution in [0.3, 0.4) is 0 Å². The summed E-state index contributed by atoms with van der Waals surface area (Å²) in [5.74, 6) is -2.15. The monoisotopic (exact) mass is 1100 g/mol. The van der Waals surface area contributed by atoms with Crippen molar-refractivity contribution in [1.82, 2.24) is 0 Å². The zero-order valence-corrected chi connectivity index (χ0v) is 45.3. The van der Waals surface area contributed by atoms with Crippen LogP contribution in [0.1, 0.15) is 120 Å². The number of hydrogen-bond acceptors (Lipinski definition) is 22. The van der Waals surface area contributed by atoms with Gasteiger partial charge in [-0.2, -0.15) is 0 Å². The first-order valence-corrected chi connectivity index (χ1v) is 27.7. The van der Waals surface area contributed by atoms with E-state index in [0.29, 0.717) is 38.5 Å². The van der Waals surface area contributed by atoms with Gasteiger partial charge in [0.05, 0.1) is 30.8 Å². The van der Waals surface area contributed by atoms with Crippen LogP contribution in [0.25, 0.3) is 0 Å². The van der Waals surface area contributed by atoms with Gasteiger partial charge in [-0.25, -0.2) is 4.79 Å². The molecular formula is C54H86O23. The third kappa shape index (κ3) is 9.66. The molecule has 5 aliphatic carbocycles. The first-order chi connectivity index (χ1) is 35.9. The highest BCUT2D eigenvalue weighted by Crippen LogP contribution is 2.76. The summed E-state index contributed by atoms with van der Waals surface area (Å²) in [6.45, 7) is 15.6. The van der Waals surface area contributed by atoms with Crippen molar-refractivity contribution in [2.45, 2.75) is 249 Å². The molecule has 4 saturated heterocycles. The van der Waals surface area contributed by atoms with Crippen molar-refractivity contribution in [3.63, 3.8) is 0 Å². The van der Waals surface area contributed by atoms with Crippen LogP contribution < -0.4 is 0 Å². The number of aliphatic hydroxyl groups excluding tert-OH is 12. The molecule has 0 bridgehead atoms. The van der Waals surface area contributed by atoms with Crippen LogP contribution in [-0.2, 0) is 47.5 Å². The Morgan fingerprint density at radius 1 is 0.584 bits per heavy atom. The fraction of sp³-hybridized carbons (Fsp3) is 0.926. The number of esters is 1. The summed E-state index contributed by atoms with van der Waals surface area (Å²) in [6, 6.07) is 0. The fourth-order valence-corrected chi connectivity index (χ4v) is 16.4. The molecule has 8 fully saturated rings. The number of allylic oxidation sites excluding steroid dienone is 2. The second-order valence-electron chi connectivity index (χ2n) is 26.3. The Hall–Kier alpha value is -2.08. The van der Waals surface area contributed by atoms with Crippen LogP contribution in [0.5, 0.6) is 0 Å². The third-order valence-corrected chi connectivity index (χ3v) is 21.4. The average Bonchev–Trinajstić information content (AvgIpc) is 3.38. The van der Waals surface area contributed by atoms with Crippen molar-refractivity contribution in [2.75, 3.05) is 13.2 Å². The number of hydrogen-bond donors (Lipinski definition) is 13. The molecule has 9 rings (SSSR count). The van der Waals surface area contributed by atoms with Crippen LogP contribution in [0.15, 0.2) is 11.6 Å². The average molecular weight is 1100 g/mol. The molecule has 0 radical (unpaired) electrons. The summed E-state index contributed by atoms with van der Waals surface area (Å²) < 4.78 is 47.0. The summed E-state index contributed by atoms with van der Waals surface area (Å²) in [5.41, 5.74) is -1.36. The molecule has 28 atom stereocenters. The van der Waals surface area contributed by atoms with Crippen LogP contribution in [0.4, 0.5) is 0 Å². The Kier molecular flexibility index (Phi) is 16.5. The molecule has 440 valence electrons. The van der Waals surface area contributed by atoms with E-state index >= 15 is 4.79 Å². The standard InChI is InChI=1S/C54H86O23/c1-22-30(57)33(60)36(63)44(70-22)74-40-32(59)26(21-56)72-47(39(40)66)77-48(69)54-17-15-49(2,3)19-24(54)23-9-10-28-51(6)13-12-29(50(4,5)27(51)11-14-53(28,8)52(23,7)16-18-54)73-46-38(65)35(62)41(42(76-46)43(67)68)75-45-37(64)34(61)31(58)25(20-55)71-45/h9,22,24-42,44-47,55-66H,10-21H2,1-8H3,(H,67,68). The quantitative estimate of drug-likeness (QED) is 0.0676. The lowest BCUT2D eigenvalue weighted by Crippen LogP contribution is -2.67. The third-order valence-electron chi connectivity index (χ3n) is 21.4. The second-order valence-corrected chi connectivity index (χ2v) is 26.3. The largest absolute Gasteiger partial charge is 0.479 e. The lowest BCUT2D eigenvalue weighted by atomic mass is 9.33. The van der Waals surface area contributed by atoms with Gasteiger partial charge in [-0.1, -0.05) is 60.1 Å². The Balaban J connectivity index is 0.922. The van der Waals surface area contributed by atoms with E-state index in [4.69, 9.17) is 37.9 Å². The Morgan fingerprint density at radius 3 is 1.81 bits per heavy atom. The Bertz CT molecular complexity index is 2180. The highest BCUT2D eigenvalue weighted by Gasteiger charge is 2.70. The zero-order chi connectivity index (χ0) is 56.4. The number of aliphatic hydroxyl groups is 12. The Labute approximate surface area is 448 Å². The molecule has 4 saturated carbocycles. The summed E-state index contributed by atoms with van der Waals surface area (Å²) >= 11 is 0. The van der Waals surface area contributed by atoms with Gasteiger partial charge in [-0.15, -0.1) is 0 Å². The molecule has 13 N–H and O–H groups in total. The normalized spacial score (nSPS) is 53.4. The van der Waals surface area contributed by atoms with Gasteiger partial charge < -0.3 is 104 Å². The molecule has 23 nitrogen and oxygen atoms in total. The smallest absolute Gasteiger partial charge is 0.335 e. The van der Waals surface area contributed by atoms with Crippen molar-refractivity contribution in [3.8, 4) is 0 Å². The predicted molar refractivity (Wildman–Crippen MR) is 262 cm³/mol. The molecule has 28 unspecified atom stereocenters. The minimum absolute atomic E-state index is 0.0730. The molecule has 4 heterocycles. The zero-order valence-electron chi connectivity index (χ0n) is 45.3. The van der Waals surface area contributed by atoms with Gasteiger partial charge >= 0.3 is 11.9 Å². The van der Waals surface area contributed by atoms with E-state index in [0.717, 1.165) is 25.7 Å². The number of aliphatic carboxylic acids is 1. The minimum Gasteiger partial charge on any atom is -0.479 e. The maximum atomic E-state index is 15.1. The molecule has 0 amide bonds. The Morgan fingerprint density at radius 2 is 1.16 bits per heavy atom. The van der Waals surface area contributed by atoms with Gasteiger partial charge in [0.15, 0.2) is 25.0 Å². The van der Waals surface area contributed by atoms with Gasteiger partial charge in [0.1, 0.15) is 85.5 Å². The number of ether oxygens (including phenoxy) is 8. The van der Waals surface area contributed by atoms with Gasteiger partial charge in [-0.3, -0.25) is 4.79 Å². The molecule has 4 aliphatic heterocycles. The summed E-state index contributed by atoms with van der Waals surface area (Å²) in [5, 5.41) is 139. The van der Waals surface area contributed by atoms with E-state index in [9.17, 15) is 71.2 Å². The van der Waals surface area contributed by atoms with Crippen molar-refractivity contribution in [1.29, 1.82) is 0 Å². The van der Waals surface area contributed by atoms with Crippen LogP contribution in [-0.4, -0.2) is 220 Å². The number of carbonyl (C=O) groups is 2. The highest BCUT2D eigenvalue weighted by molar-refractivity contribution is 5.79. The first kappa shape index (κ1) is 59.5. The summed E-state index contributed by atoms with van der Waals surface area (Å²) in [7, 11) is 0. The lowest BCUT2D eigenvalue weighted by Gasteiger charge is -2.71. The van der Waals surface area contributed by atoms with Crippen LogP contribution in [0.2, 0.25) is 0 Å². The van der Waals surface area contributed by atoms with Crippen molar-refractivity contribution in [2.24, 2.45) is 50.2 Å². The lowest BCUT2D eigenvalue weighted by molar-refractivity contribution is -0.363. The van der Waals surface area contributed by atoms with E-state index in [1.807, 2.05) is 0 Å². The van der Waals surface area contributed by atoms with E-state index in [1.54, 1.807) is 0 Å². The second kappa shape index (κ2) is 21.3. The molecule has 0 aromatic carbocycles. The number of carbonyl (C=O) groups excluding carboxylic acids is 1. The first-order valence-electron chi connectivity index (χ1n) is 27.7. The highest BCUT2D eigenvalue weighted by atomic mass is 16.8. The van der Waals surface area contributed by atoms with Crippen molar-refractivity contribution < 1.29 is 114 Å². The van der Waals surface area contributed by atoms with E-state index in [2.05, 4.69) is 54.5 Å². The fourth-order valence-electron chi connectivity index (χ4n) is 16.4. The summed E-state index contributed by atoms with van der Waals surface area (Å²) in [6.07, 6.45) is -25.1. The maximum Gasteiger partial charge on any atom is 0.335 e. The summed E-state index contributed by atoms with van der Waals surface area (Å²) in [4.78, 5) is 27.8. The molecule has 23 heteroatoms. The van der Waals surface area contributed by atoms with Gasteiger partial charge in [0, 0.05) is 0 Å². The minimum atomic E-state index is -1.94. The number of rotatable bonds is 11. The topological polar surface area (TPSA) is 371 Å². The molecular weight excluding hydrogens is 1020 g/mol. The number of carboxylic acid groups (broad SMARTS) is 1. The van der Waals surface area contributed by atoms with Crippen molar-refractivity contribution >= 4 is 11.9 Å². The van der Waals surface area contributed by atoms with E-state index in [-0.39, 0.29) is 39.4 Å². The predicted octanol–water partition coefficient (Wildman–Crippen LogP) is -0.915. The van der Waals surface area contributed by atoms with Crippen LogP contribution >= 0.6 is 0 Å². The SMILES string of the molecule is CC1OC(OC2C(O)C(CO)OC(OC(=O)C34CCC(C)(C)CC3C3=CCC5C6(C)CCC(OC7OC(C(=O)O)C(OC8OC(CO)C(O)C(O)C8O)C(O)C7O)C(C)(C)C6CCC5(C)C3(C)CC4)C2O)C(O)C(O)C1O. The number of fused-ring (bicyclic) bond motifs is 7.